The Morgan fingerprint density at radius 3 is 2.43 bits per heavy atom. The molecular weight excluding hydrogens is 198 g/mol. The van der Waals surface area contributed by atoms with Gasteiger partial charge < -0.3 is 10.4 Å². The first kappa shape index (κ1) is 10.9. The van der Waals surface area contributed by atoms with Crippen LogP contribution in [0.15, 0.2) is 29.2 Å². The van der Waals surface area contributed by atoms with Crippen LogP contribution in [-0.4, -0.2) is 23.4 Å². The third-order valence-electron chi connectivity index (χ3n) is 1.84. The lowest BCUT2D eigenvalue weighted by Crippen LogP contribution is -2.25. The molecule has 0 unspecified atom stereocenters. The highest BCUT2D eigenvalue weighted by Crippen LogP contribution is 2.17. The highest BCUT2D eigenvalue weighted by molar-refractivity contribution is 7.98. The van der Waals surface area contributed by atoms with Gasteiger partial charge in [-0.3, -0.25) is 4.79 Å². The number of aliphatic carboxylic acids is 1. The Morgan fingerprint density at radius 1 is 1.43 bits per heavy atom. The first-order valence-corrected chi connectivity index (χ1v) is 5.49. The molecule has 0 saturated heterocycles. The van der Waals surface area contributed by atoms with Crippen molar-refractivity contribution in [3.05, 3.63) is 24.3 Å². The predicted molar refractivity (Wildman–Crippen MR) is 58.9 cm³/mol. The van der Waals surface area contributed by atoms with Crippen LogP contribution in [-0.2, 0) is 4.79 Å². The van der Waals surface area contributed by atoms with Crippen LogP contribution in [0.4, 0.5) is 5.69 Å². The quantitative estimate of drug-likeness (QED) is 0.750. The van der Waals surface area contributed by atoms with E-state index in [1.807, 2.05) is 30.5 Å². The number of nitrogens with one attached hydrogen (secondary N) is 1. The van der Waals surface area contributed by atoms with E-state index in [-0.39, 0.29) is 0 Å². The largest absolute Gasteiger partial charge is 0.480 e. The molecule has 1 aromatic rings. The molecule has 0 radical (unpaired) electrons. The minimum absolute atomic E-state index is 0.560. The smallest absolute Gasteiger partial charge is 0.325 e. The van der Waals surface area contributed by atoms with Gasteiger partial charge in [0.05, 0.1) is 0 Å². The number of rotatable bonds is 4. The van der Waals surface area contributed by atoms with Crippen LogP contribution in [0.3, 0.4) is 0 Å². The van der Waals surface area contributed by atoms with Gasteiger partial charge in [-0.2, -0.15) is 0 Å². The fourth-order valence-corrected chi connectivity index (χ4v) is 1.41. The second-order valence-corrected chi connectivity index (χ2v) is 3.81. The van der Waals surface area contributed by atoms with E-state index in [1.165, 1.54) is 4.90 Å². The zero-order valence-corrected chi connectivity index (χ0v) is 8.97. The van der Waals surface area contributed by atoms with Crippen LogP contribution in [0.2, 0.25) is 0 Å². The van der Waals surface area contributed by atoms with Gasteiger partial charge in [0.25, 0.3) is 0 Å². The molecule has 2 N–H and O–H groups in total. The molecule has 0 spiro atoms. The molecule has 1 rings (SSSR count). The Labute approximate surface area is 87.5 Å². The predicted octanol–water partition coefficient (Wildman–Crippen LogP) is 2.29. The van der Waals surface area contributed by atoms with Crippen molar-refractivity contribution < 1.29 is 9.90 Å². The van der Waals surface area contributed by atoms with Crippen molar-refractivity contribution in [2.24, 2.45) is 0 Å². The van der Waals surface area contributed by atoms with Gasteiger partial charge in [0.1, 0.15) is 6.04 Å². The molecule has 0 aromatic heterocycles. The first-order valence-electron chi connectivity index (χ1n) is 4.27. The molecule has 0 aliphatic carbocycles. The highest BCUT2D eigenvalue weighted by atomic mass is 32.2. The summed E-state index contributed by atoms with van der Waals surface area (Å²) < 4.78 is 0. The third kappa shape index (κ3) is 2.96. The van der Waals surface area contributed by atoms with E-state index < -0.39 is 12.0 Å². The monoisotopic (exact) mass is 211 g/mol. The average Bonchev–Trinajstić information content (AvgIpc) is 2.19. The third-order valence-corrected chi connectivity index (χ3v) is 2.59. The van der Waals surface area contributed by atoms with Crippen molar-refractivity contribution in [3.8, 4) is 0 Å². The second-order valence-electron chi connectivity index (χ2n) is 2.93. The van der Waals surface area contributed by atoms with Crippen LogP contribution in [0.5, 0.6) is 0 Å². The summed E-state index contributed by atoms with van der Waals surface area (Å²) in [6.07, 6.45) is 2.00. The van der Waals surface area contributed by atoms with E-state index in [2.05, 4.69) is 5.32 Å². The molecule has 76 valence electrons. The normalized spacial score (nSPS) is 12.1. The molecule has 1 aromatic carbocycles. The second kappa shape index (κ2) is 4.91. The summed E-state index contributed by atoms with van der Waals surface area (Å²) in [5.74, 6) is -0.848. The molecule has 0 bridgehead atoms. The van der Waals surface area contributed by atoms with E-state index >= 15 is 0 Å². The SMILES string of the molecule is CSc1ccc(N[C@@H](C)C(=O)O)cc1. The summed E-state index contributed by atoms with van der Waals surface area (Å²) in [6.45, 7) is 1.62. The molecular formula is C10H13NO2S. The zero-order valence-electron chi connectivity index (χ0n) is 8.15. The van der Waals surface area contributed by atoms with Gasteiger partial charge in [-0.25, -0.2) is 0 Å². The molecule has 14 heavy (non-hydrogen) atoms. The minimum atomic E-state index is -0.848. The Balaban J connectivity index is 2.64. The van der Waals surface area contributed by atoms with Crippen LogP contribution in [0.25, 0.3) is 0 Å². The van der Waals surface area contributed by atoms with Crippen LogP contribution >= 0.6 is 11.8 Å². The minimum Gasteiger partial charge on any atom is -0.480 e. The maximum atomic E-state index is 10.6. The van der Waals surface area contributed by atoms with E-state index in [0.29, 0.717) is 0 Å². The van der Waals surface area contributed by atoms with Crippen LogP contribution in [0, 0.1) is 0 Å². The van der Waals surface area contributed by atoms with Gasteiger partial charge in [0.15, 0.2) is 0 Å². The van der Waals surface area contributed by atoms with E-state index in [1.54, 1.807) is 18.7 Å². The van der Waals surface area contributed by atoms with E-state index in [0.717, 1.165) is 5.69 Å². The summed E-state index contributed by atoms with van der Waals surface area (Å²) in [5, 5.41) is 11.6. The number of carbonyl (C=O) groups is 1. The lowest BCUT2D eigenvalue weighted by molar-refractivity contribution is -0.137. The van der Waals surface area contributed by atoms with Crippen molar-refractivity contribution >= 4 is 23.4 Å². The molecule has 0 fully saturated rings. The fraction of sp³-hybridized carbons (Fsp3) is 0.300. The molecule has 0 heterocycles. The van der Waals surface area contributed by atoms with E-state index in [9.17, 15) is 4.79 Å². The van der Waals surface area contributed by atoms with Gasteiger partial charge in [-0.1, -0.05) is 0 Å². The number of anilines is 1. The van der Waals surface area contributed by atoms with Crippen molar-refractivity contribution in [2.45, 2.75) is 17.9 Å². The van der Waals surface area contributed by atoms with E-state index in [4.69, 9.17) is 5.11 Å². The molecule has 0 saturated carbocycles. The molecule has 1 atom stereocenters. The number of benzene rings is 1. The standard InChI is InChI=1S/C10H13NO2S/c1-7(10(12)13)11-8-3-5-9(14-2)6-4-8/h3-7,11H,1-2H3,(H,12,13)/t7-/m0/s1. The Morgan fingerprint density at radius 2 is 2.00 bits per heavy atom. The van der Waals surface area contributed by atoms with Crippen molar-refractivity contribution in [2.75, 3.05) is 11.6 Å². The summed E-state index contributed by atoms with van der Waals surface area (Å²) >= 11 is 1.66. The average molecular weight is 211 g/mol. The van der Waals surface area contributed by atoms with Crippen LogP contribution in [0.1, 0.15) is 6.92 Å². The Bertz CT molecular complexity index is 310. The molecule has 0 aliphatic rings. The number of hydrogen-bond donors (Lipinski definition) is 2. The maximum Gasteiger partial charge on any atom is 0.325 e. The van der Waals surface area contributed by atoms with Crippen LogP contribution < -0.4 is 5.32 Å². The number of thioether (sulfide) groups is 1. The van der Waals surface area contributed by atoms with Crippen molar-refractivity contribution in [3.63, 3.8) is 0 Å². The number of carboxylic acids is 1. The molecule has 4 heteroatoms. The summed E-state index contributed by atoms with van der Waals surface area (Å²) in [5.41, 5.74) is 0.831. The van der Waals surface area contributed by atoms with Crippen molar-refractivity contribution in [1.29, 1.82) is 0 Å². The summed E-state index contributed by atoms with van der Waals surface area (Å²) in [6, 6.07) is 7.12. The fourth-order valence-electron chi connectivity index (χ4n) is 0.999. The maximum absolute atomic E-state index is 10.6. The topological polar surface area (TPSA) is 49.3 Å². The summed E-state index contributed by atoms with van der Waals surface area (Å²) in [4.78, 5) is 11.7. The molecule has 0 amide bonds. The molecule has 0 aliphatic heterocycles. The van der Waals surface area contributed by atoms with Gasteiger partial charge in [-0.05, 0) is 37.4 Å². The van der Waals surface area contributed by atoms with Gasteiger partial charge in [0, 0.05) is 10.6 Å². The first-order chi connectivity index (χ1) is 6.63. The Kier molecular flexibility index (Phi) is 3.83. The van der Waals surface area contributed by atoms with Gasteiger partial charge >= 0.3 is 5.97 Å². The molecule has 3 nitrogen and oxygen atoms in total. The van der Waals surface area contributed by atoms with Crippen molar-refractivity contribution in [1.82, 2.24) is 0 Å². The van der Waals surface area contributed by atoms with Gasteiger partial charge in [-0.15, -0.1) is 11.8 Å². The number of hydrogen-bond acceptors (Lipinski definition) is 3. The number of carboxylic acid groups (broad SMARTS) is 1. The van der Waals surface area contributed by atoms with Gasteiger partial charge in [0.2, 0.25) is 0 Å². The summed E-state index contributed by atoms with van der Waals surface area (Å²) in [7, 11) is 0. The highest BCUT2D eigenvalue weighted by Gasteiger charge is 2.09. The zero-order chi connectivity index (χ0) is 10.6. The lowest BCUT2D eigenvalue weighted by atomic mass is 10.2. The lowest BCUT2D eigenvalue weighted by Gasteiger charge is -2.10. The Hall–Kier alpha value is -1.16.